The van der Waals surface area contributed by atoms with Crippen LogP contribution in [0.15, 0.2) is 22.5 Å². The number of oxime groups is 2. The number of rotatable bonds is 2. The number of hydrogen-bond acceptors (Lipinski definition) is 4. The van der Waals surface area contributed by atoms with E-state index in [0.29, 0.717) is 45.8 Å². The lowest BCUT2D eigenvalue weighted by Gasteiger charge is -2.72. The molecule has 5 fully saturated rings. The van der Waals surface area contributed by atoms with Gasteiger partial charge < -0.3 is 10.4 Å². The van der Waals surface area contributed by atoms with Crippen LogP contribution in [0.5, 0.6) is 0 Å². The average Bonchev–Trinajstić information content (AvgIpc) is 3.14. The van der Waals surface area contributed by atoms with E-state index in [2.05, 4.69) is 58.4 Å². The number of hydrogen-bond donors (Lipinski definition) is 2. The van der Waals surface area contributed by atoms with Crippen LogP contribution in [0.25, 0.3) is 0 Å². The molecule has 0 amide bonds. The van der Waals surface area contributed by atoms with Gasteiger partial charge in [0, 0.05) is 10.8 Å². The lowest BCUT2D eigenvalue weighted by Crippen LogP contribution is -2.66. The molecular weight excluding hydrogens is 420 g/mol. The van der Waals surface area contributed by atoms with E-state index in [1.807, 2.05) is 6.21 Å². The van der Waals surface area contributed by atoms with Gasteiger partial charge in [-0.2, -0.15) is 0 Å². The molecule has 0 bridgehead atoms. The molecule has 0 aromatic heterocycles. The van der Waals surface area contributed by atoms with E-state index in [1.54, 1.807) is 0 Å². The van der Waals surface area contributed by atoms with Crippen molar-refractivity contribution in [1.82, 2.24) is 0 Å². The highest BCUT2D eigenvalue weighted by atomic mass is 16.4. The molecule has 5 aliphatic rings. The predicted octanol–water partition coefficient (Wildman–Crippen LogP) is 7.93. The van der Waals surface area contributed by atoms with Gasteiger partial charge in [-0.05, 0) is 117 Å². The minimum atomic E-state index is -0.0311. The van der Waals surface area contributed by atoms with E-state index in [-0.39, 0.29) is 10.8 Å². The maximum Gasteiger partial charge on any atom is 0.0630 e. The molecule has 0 aromatic rings. The molecule has 0 aromatic carbocycles. The highest BCUT2D eigenvalue weighted by Gasteiger charge is 2.70. The monoisotopic (exact) mass is 468 g/mol. The molecule has 4 unspecified atom stereocenters. The van der Waals surface area contributed by atoms with Crippen molar-refractivity contribution in [3.8, 4) is 0 Å². The summed E-state index contributed by atoms with van der Waals surface area (Å²) in [6, 6.07) is 0. The Balaban J connectivity index is 1.56. The fourth-order valence-corrected chi connectivity index (χ4v) is 11.5. The second-order valence-electron chi connectivity index (χ2n) is 14.4. The summed E-state index contributed by atoms with van der Waals surface area (Å²) in [6.07, 6.45) is 13.8. The Morgan fingerprint density at radius 3 is 2.26 bits per heavy atom. The number of nitrogens with zero attached hydrogens (tertiary/aromatic N) is 2. The van der Waals surface area contributed by atoms with Gasteiger partial charge in [-0.3, -0.25) is 0 Å². The molecular formula is C30H48N2O2. The maximum atomic E-state index is 9.76. The lowest BCUT2D eigenvalue weighted by atomic mass is 9.32. The largest absolute Gasteiger partial charge is 0.411 e. The van der Waals surface area contributed by atoms with Crippen molar-refractivity contribution in [2.24, 2.45) is 67.0 Å². The van der Waals surface area contributed by atoms with Crippen LogP contribution in [0.4, 0.5) is 0 Å². The van der Waals surface area contributed by atoms with Gasteiger partial charge in [0.2, 0.25) is 0 Å². The van der Waals surface area contributed by atoms with E-state index >= 15 is 0 Å². The Morgan fingerprint density at radius 2 is 1.62 bits per heavy atom. The molecule has 5 rings (SSSR count). The quantitative estimate of drug-likeness (QED) is 0.187. The fraction of sp³-hybridized carbons (Fsp3) is 0.867. The fourth-order valence-electron chi connectivity index (χ4n) is 11.5. The molecule has 34 heavy (non-hydrogen) atoms. The highest BCUT2D eigenvalue weighted by Crippen LogP contribution is 2.77. The highest BCUT2D eigenvalue weighted by molar-refractivity contribution is 5.90. The van der Waals surface area contributed by atoms with Crippen molar-refractivity contribution in [3.63, 3.8) is 0 Å². The van der Waals surface area contributed by atoms with Crippen molar-refractivity contribution in [2.45, 2.75) is 106 Å². The molecule has 0 saturated heterocycles. The van der Waals surface area contributed by atoms with E-state index in [9.17, 15) is 10.4 Å². The standard InChI is InChI=1S/C30H48N2O2/c1-19(2)20-10-15-30(18-31-33)17-16-28(6)21(25(20)30)8-9-23-27(5)13-12-24(32-34)26(3,4)22(27)11-14-29(23,28)7/h18,20-23,25,33-34H,1,8-17H2,2-7H3/b31-18+,32-24+/t20-,21?,22?,23?,25?,27-,28+,29+,30+/m0/s1. The van der Waals surface area contributed by atoms with E-state index < -0.39 is 0 Å². The topological polar surface area (TPSA) is 65.2 Å². The molecule has 0 radical (unpaired) electrons. The molecule has 9 atom stereocenters. The van der Waals surface area contributed by atoms with Crippen molar-refractivity contribution in [2.75, 3.05) is 0 Å². The van der Waals surface area contributed by atoms with Gasteiger partial charge in [0.25, 0.3) is 0 Å². The molecule has 5 saturated carbocycles. The first-order chi connectivity index (χ1) is 15.9. The van der Waals surface area contributed by atoms with Crippen molar-refractivity contribution in [3.05, 3.63) is 12.2 Å². The first-order valence-electron chi connectivity index (χ1n) is 14.0. The van der Waals surface area contributed by atoms with Crippen LogP contribution < -0.4 is 0 Å². The Bertz CT molecular complexity index is 923. The minimum Gasteiger partial charge on any atom is -0.411 e. The molecule has 2 N–H and O–H groups in total. The molecule has 0 aliphatic heterocycles. The zero-order chi connectivity index (χ0) is 24.7. The Morgan fingerprint density at radius 1 is 0.882 bits per heavy atom. The van der Waals surface area contributed by atoms with Gasteiger partial charge in [0.15, 0.2) is 0 Å². The second kappa shape index (κ2) is 7.59. The third-order valence-electron chi connectivity index (χ3n) is 13.3. The average molecular weight is 469 g/mol. The van der Waals surface area contributed by atoms with Gasteiger partial charge >= 0.3 is 0 Å². The minimum absolute atomic E-state index is 0.0311. The first kappa shape index (κ1) is 24.4. The zero-order valence-corrected chi connectivity index (χ0v) is 22.5. The number of allylic oxidation sites excluding steroid dienone is 1. The molecule has 190 valence electrons. The van der Waals surface area contributed by atoms with Crippen molar-refractivity contribution in [1.29, 1.82) is 0 Å². The molecule has 5 aliphatic carbocycles. The van der Waals surface area contributed by atoms with Gasteiger partial charge in [0.05, 0.1) is 11.9 Å². The molecule has 0 spiro atoms. The van der Waals surface area contributed by atoms with Crippen LogP contribution in [-0.4, -0.2) is 22.3 Å². The van der Waals surface area contributed by atoms with Crippen LogP contribution in [0.2, 0.25) is 0 Å². The SMILES string of the molecule is C=C(C)[C@@H]1CC[C@]2(/C=N/O)CC[C@]3(C)C(CCC4[C@@]5(C)CC/C(=N\O)C(C)(C)C5CC[C@]43C)C12. The predicted molar refractivity (Wildman–Crippen MR) is 138 cm³/mol. The van der Waals surface area contributed by atoms with Gasteiger partial charge in [-0.15, -0.1) is 5.16 Å². The Kier molecular flexibility index (Phi) is 5.44. The summed E-state index contributed by atoms with van der Waals surface area (Å²) in [6.45, 7) is 19.2. The Hall–Kier alpha value is -1.32. The number of fused-ring (bicyclic) bond motifs is 7. The molecule has 4 heteroatoms. The van der Waals surface area contributed by atoms with Gasteiger partial charge in [0.1, 0.15) is 0 Å². The van der Waals surface area contributed by atoms with E-state index in [4.69, 9.17) is 0 Å². The summed E-state index contributed by atoms with van der Waals surface area (Å²) in [5, 5.41) is 26.9. The van der Waals surface area contributed by atoms with Crippen LogP contribution >= 0.6 is 0 Å². The molecule has 4 nitrogen and oxygen atoms in total. The van der Waals surface area contributed by atoms with Crippen LogP contribution in [-0.2, 0) is 0 Å². The van der Waals surface area contributed by atoms with Gasteiger partial charge in [-0.25, -0.2) is 0 Å². The third kappa shape index (κ3) is 2.83. The maximum absolute atomic E-state index is 9.76. The van der Waals surface area contributed by atoms with E-state index in [0.717, 1.165) is 31.4 Å². The van der Waals surface area contributed by atoms with Crippen LogP contribution in [0.3, 0.4) is 0 Å². The summed E-state index contributed by atoms with van der Waals surface area (Å²) >= 11 is 0. The summed E-state index contributed by atoms with van der Waals surface area (Å²) in [7, 11) is 0. The third-order valence-corrected chi connectivity index (χ3v) is 13.3. The van der Waals surface area contributed by atoms with Crippen LogP contribution in [0.1, 0.15) is 106 Å². The van der Waals surface area contributed by atoms with Crippen molar-refractivity contribution >= 4 is 11.9 Å². The van der Waals surface area contributed by atoms with Crippen molar-refractivity contribution < 1.29 is 10.4 Å². The van der Waals surface area contributed by atoms with Gasteiger partial charge in [-0.1, -0.05) is 51.9 Å². The summed E-state index contributed by atoms with van der Waals surface area (Å²) in [5.41, 5.74) is 3.27. The second-order valence-corrected chi connectivity index (χ2v) is 14.4. The summed E-state index contributed by atoms with van der Waals surface area (Å²) in [4.78, 5) is 0. The lowest BCUT2D eigenvalue weighted by molar-refractivity contribution is -0.222. The normalized spacial score (nSPS) is 53.1. The first-order valence-corrected chi connectivity index (χ1v) is 14.0. The van der Waals surface area contributed by atoms with Crippen LogP contribution in [0, 0.1) is 56.7 Å². The molecule has 0 heterocycles. The zero-order valence-electron chi connectivity index (χ0n) is 22.5. The summed E-state index contributed by atoms with van der Waals surface area (Å²) < 4.78 is 0. The Labute approximate surface area is 207 Å². The van der Waals surface area contributed by atoms with E-state index in [1.165, 1.54) is 44.1 Å². The summed E-state index contributed by atoms with van der Waals surface area (Å²) in [5.74, 6) is 3.06. The smallest absolute Gasteiger partial charge is 0.0630 e.